The Morgan fingerprint density at radius 2 is 2.36 bits per heavy atom. The highest BCUT2D eigenvalue weighted by Crippen LogP contribution is 2.25. The number of nitrogens with zero attached hydrogens (tertiary/aromatic N) is 1. The van der Waals surface area contributed by atoms with Gasteiger partial charge in [-0.15, -0.1) is 11.6 Å². The number of ether oxygens (including phenoxy) is 1. The predicted molar refractivity (Wildman–Crippen MR) is 54.8 cm³/mol. The standard InChI is InChI=1S/C9H6BrClFNO/c10-8-3-7(12)1-2-9(8)14-5-6(11)4-13/h1-3,6H,5H2. The number of benzene rings is 1. The van der Waals surface area contributed by atoms with Crippen molar-refractivity contribution in [2.45, 2.75) is 5.38 Å². The van der Waals surface area contributed by atoms with Gasteiger partial charge in [0.25, 0.3) is 0 Å². The van der Waals surface area contributed by atoms with Crippen LogP contribution in [-0.4, -0.2) is 12.0 Å². The average Bonchev–Trinajstić information content (AvgIpc) is 2.16. The molecule has 0 aliphatic carbocycles. The van der Waals surface area contributed by atoms with Crippen LogP contribution in [0.5, 0.6) is 5.75 Å². The van der Waals surface area contributed by atoms with Crippen LogP contribution in [0.15, 0.2) is 22.7 Å². The van der Waals surface area contributed by atoms with Crippen LogP contribution in [0, 0.1) is 17.1 Å². The third kappa shape index (κ3) is 3.17. The highest BCUT2D eigenvalue weighted by atomic mass is 79.9. The minimum Gasteiger partial charge on any atom is -0.490 e. The van der Waals surface area contributed by atoms with Crippen molar-refractivity contribution in [3.05, 3.63) is 28.5 Å². The molecule has 2 nitrogen and oxygen atoms in total. The highest BCUT2D eigenvalue weighted by Gasteiger charge is 2.06. The van der Waals surface area contributed by atoms with E-state index in [9.17, 15) is 4.39 Å². The first-order valence-electron chi connectivity index (χ1n) is 3.75. The summed E-state index contributed by atoms with van der Waals surface area (Å²) in [5.41, 5.74) is 0. The fraction of sp³-hybridized carbons (Fsp3) is 0.222. The monoisotopic (exact) mass is 277 g/mol. The molecule has 0 amide bonds. The normalized spacial score (nSPS) is 11.9. The zero-order chi connectivity index (χ0) is 10.6. The predicted octanol–water partition coefficient (Wildman–Crippen LogP) is 3.10. The quantitative estimate of drug-likeness (QED) is 0.796. The van der Waals surface area contributed by atoms with Crippen LogP contribution in [0.3, 0.4) is 0 Å². The topological polar surface area (TPSA) is 33.0 Å². The Hall–Kier alpha value is -0.790. The third-order valence-electron chi connectivity index (χ3n) is 1.42. The van der Waals surface area contributed by atoms with E-state index in [-0.39, 0.29) is 12.4 Å². The van der Waals surface area contributed by atoms with Crippen molar-refractivity contribution in [2.75, 3.05) is 6.61 Å². The summed E-state index contributed by atoms with van der Waals surface area (Å²) in [6.45, 7) is 0.0717. The van der Waals surface area contributed by atoms with Crippen LogP contribution in [0.4, 0.5) is 4.39 Å². The summed E-state index contributed by atoms with van der Waals surface area (Å²) in [5.74, 6) is 0.110. The molecule has 0 heterocycles. The van der Waals surface area contributed by atoms with E-state index in [1.807, 2.05) is 6.07 Å². The van der Waals surface area contributed by atoms with E-state index >= 15 is 0 Å². The molecule has 1 atom stereocenters. The second-order valence-electron chi connectivity index (χ2n) is 2.48. The third-order valence-corrected chi connectivity index (χ3v) is 2.26. The van der Waals surface area contributed by atoms with Crippen LogP contribution >= 0.6 is 27.5 Å². The van der Waals surface area contributed by atoms with Gasteiger partial charge in [0.2, 0.25) is 0 Å². The molecule has 14 heavy (non-hydrogen) atoms. The van der Waals surface area contributed by atoms with Crippen LogP contribution < -0.4 is 4.74 Å². The second-order valence-corrected chi connectivity index (χ2v) is 3.86. The molecule has 0 spiro atoms. The lowest BCUT2D eigenvalue weighted by atomic mass is 10.3. The number of hydrogen-bond acceptors (Lipinski definition) is 2. The first kappa shape index (κ1) is 11.3. The van der Waals surface area contributed by atoms with E-state index in [1.165, 1.54) is 18.2 Å². The maximum Gasteiger partial charge on any atom is 0.154 e. The molecule has 0 N–H and O–H groups in total. The van der Waals surface area contributed by atoms with Gasteiger partial charge in [-0.25, -0.2) is 4.39 Å². The molecular formula is C9H6BrClFNO. The van der Waals surface area contributed by atoms with E-state index in [2.05, 4.69) is 15.9 Å². The summed E-state index contributed by atoms with van der Waals surface area (Å²) >= 11 is 8.65. The van der Waals surface area contributed by atoms with Gasteiger partial charge in [0.1, 0.15) is 18.2 Å². The molecule has 74 valence electrons. The van der Waals surface area contributed by atoms with Crippen molar-refractivity contribution >= 4 is 27.5 Å². The van der Waals surface area contributed by atoms with Gasteiger partial charge in [0, 0.05) is 0 Å². The summed E-state index contributed by atoms with van der Waals surface area (Å²) in [4.78, 5) is 0. The first-order valence-corrected chi connectivity index (χ1v) is 4.98. The summed E-state index contributed by atoms with van der Waals surface area (Å²) in [6, 6.07) is 5.85. The lowest BCUT2D eigenvalue weighted by molar-refractivity contribution is 0.326. The van der Waals surface area contributed by atoms with Crippen molar-refractivity contribution in [3.8, 4) is 11.8 Å². The van der Waals surface area contributed by atoms with Gasteiger partial charge in [-0.05, 0) is 34.1 Å². The first-order chi connectivity index (χ1) is 6.63. The van der Waals surface area contributed by atoms with Gasteiger partial charge in [-0.1, -0.05) is 0 Å². The molecule has 1 unspecified atom stereocenters. The highest BCUT2D eigenvalue weighted by molar-refractivity contribution is 9.10. The summed E-state index contributed by atoms with van der Waals surface area (Å²) in [7, 11) is 0. The Labute approximate surface area is 94.4 Å². The Bertz CT molecular complexity index is 366. The van der Waals surface area contributed by atoms with E-state index < -0.39 is 5.38 Å². The zero-order valence-electron chi connectivity index (χ0n) is 7.01. The van der Waals surface area contributed by atoms with Gasteiger partial charge < -0.3 is 4.74 Å². The van der Waals surface area contributed by atoms with Crippen LogP contribution in [0.2, 0.25) is 0 Å². The number of hydrogen-bond donors (Lipinski definition) is 0. The smallest absolute Gasteiger partial charge is 0.154 e. The van der Waals surface area contributed by atoms with Gasteiger partial charge in [-0.2, -0.15) is 5.26 Å². The molecule has 0 saturated carbocycles. The summed E-state index contributed by atoms with van der Waals surface area (Å²) in [6.07, 6.45) is 0. The number of rotatable bonds is 3. The van der Waals surface area contributed by atoms with E-state index in [0.29, 0.717) is 10.2 Å². The van der Waals surface area contributed by atoms with E-state index in [0.717, 1.165) is 0 Å². The Kier molecular flexibility index (Phi) is 4.18. The van der Waals surface area contributed by atoms with Gasteiger partial charge >= 0.3 is 0 Å². The molecule has 0 bridgehead atoms. The van der Waals surface area contributed by atoms with Crippen molar-refractivity contribution in [3.63, 3.8) is 0 Å². The molecule has 0 aromatic heterocycles. The Morgan fingerprint density at radius 1 is 1.64 bits per heavy atom. The fourth-order valence-corrected chi connectivity index (χ4v) is 1.32. The largest absolute Gasteiger partial charge is 0.490 e. The van der Waals surface area contributed by atoms with Gasteiger partial charge in [0.15, 0.2) is 5.38 Å². The van der Waals surface area contributed by atoms with Gasteiger partial charge in [-0.3, -0.25) is 0 Å². The molecular weight excluding hydrogens is 272 g/mol. The van der Waals surface area contributed by atoms with Crippen molar-refractivity contribution < 1.29 is 9.13 Å². The Balaban J connectivity index is 2.64. The maximum absolute atomic E-state index is 12.6. The fourth-order valence-electron chi connectivity index (χ4n) is 0.792. The molecule has 0 saturated heterocycles. The number of alkyl halides is 1. The molecule has 0 aliphatic rings. The van der Waals surface area contributed by atoms with Crippen LogP contribution in [-0.2, 0) is 0 Å². The van der Waals surface area contributed by atoms with E-state index in [4.69, 9.17) is 21.6 Å². The maximum atomic E-state index is 12.6. The molecule has 1 rings (SSSR count). The summed E-state index contributed by atoms with van der Waals surface area (Å²) < 4.78 is 18.3. The minimum atomic E-state index is -0.702. The molecule has 0 radical (unpaired) electrons. The van der Waals surface area contributed by atoms with Gasteiger partial charge in [0.05, 0.1) is 10.5 Å². The zero-order valence-corrected chi connectivity index (χ0v) is 9.35. The van der Waals surface area contributed by atoms with Crippen molar-refractivity contribution in [1.29, 1.82) is 5.26 Å². The van der Waals surface area contributed by atoms with E-state index in [1.54, 1.807) is 0 Å². The average molecular weight is 279 g/mol. The summed E-state index contributed by atoms with van der Waals surface area (Å²) in [5, 5.41) is 7.69. The minimum absolute atomic E-state index is 0.0717. The SMILES string of the molecule is N#CC(Cl)COc1ccc(F)cc1Br. The van der Waals surface area contributed by atoms with Crippen LogP contribution in [0.1, 0.15) is 0 Å². The van der Waals surface area contributed by atoms with Crippen molar-refractivity contribution in [2.24, 2.45) is 0 Å². The molecule has 1 aromatic carbocycles. The number of halogens is 3. The lowest BCUT2D eigenvalue weighted by Crippen LogP contribution is -2.09. The van der Waals surface area contributed by atoms with Crippen molar-refractivity contribution in [1.82, 2.24) is 0 Å². The second kappa shape index (κ2) is 5.18. The molecule has 0 fully saturated rings. The number of nitriles is 1. The molecule has 0 aliphatic heterocycles. The lowest BCUT2D eigenvalue weighted by Gasteiger charge is -2.07. The molecule has 5 heteroatoms. The Morgan fingerprint density at radius 3 is 2.93 bits per heavy atom. The molecule has 1 aromatic rings. The van der Waals surface area contributed by atoms with Crippen LogP contribution in [0.25, 0.3) is 0 Å².